The van der Waals surface area contributed by atoms with Gasteiger partial charge in [0.25, 0.3) is 10.1 Å². The molecule has 10 heteroatoms. The van der Waals surface area contributed by atoms with Gasteiger partial charge in [-0.3, -0.25) is 14.2 Å². The van der Waals surface area contributed by atoms with Crippen LogP contribution in [0.25, 0.3) is 0 Å². The van der Waals surface area contributed by atoms with E-state index in [4.69, 9.17) is 21.4 Å². The summed E-state index contributed by atoms with van der Waals surface area (Å²) in [5, 5.41) is 9.37. The van der Waals surface area contributed by atoms with Crippen molar-refractivity contribution in [2.45, 2.75) is 18.9 Å². The lowest BCUT2D eigenvalue weighted by Crippen LogP contribution is -2.40. The predicted molar refractivity (Wildman–Crippen MR) is 93.2 cm³/mol. The third-order valence-electron chi connectivity index (χ3n) is 4.08. The van der Waals surface area contributed by atoms with Gasteiger partial charge in [0, 0.05) is 18.1 Å². The third kappa shape index (κ3) is 4.61. The molecule has 1 aliphatic heterocycles. The number of aliphatic carboxylic acids is 1. The van der Waals surface area contributed by atoms with Crippen molar-refractivity contribution in [2.75, 3.05) is 20.2 Å². The van der Waals surface area contributed by atoms with Gasteiger partial charge < -0.3 is 9.84 Å². The molecule has 26 heavy (non-hydrogen) atoms. The molecule has 0 amide bonds. The Bertz CT molecular complexity index is 850. The summed E-state index contributed by atoms with van der Waals surface area (Å²) in [6.45, 7) is -0.0321. The van der Waals surface area contributed by atoms with Gasteiger partial charge in [-0.2, -0.15) is 8.42 Å². The molecule has 142 valence electrons. The molecule has 0 bridgehead atoms. The van der Waals surface area contributed by atoms with Gasteiger partial charge in [0.15, 0.2) is 0 Å². The molecule has 0 aromatic heterocycles. The van der Waals surface area contributed by atoms with Crippen molar-refractivity contribution in [2.24, 2.45) is 0 Å². The molecule has 0 radical (unpaired) electrons. The number of carbonyl (C=O) groups excluding carboxylic acids is 1. The van der Waals surface area contributed by atoms with Crippen molar-refractivity contribution in [3.8, 4) is 0 Å². The fourth-order valence-corrected chi connectivity index (χ4v) is 4.07. The van der Waals surface area contributed by atoms with Crippen LogP contribution >= 0.6 is 11.6 Å². The van der Waals surface area contributed by atoms with Gasteiger partial charge in [0.1, 0.15) is 6.04 Å². The van der Waals surface area contributed by atoms with Crippen LogP contribution in [0.3, 0.4) is 0 Å². The summed E-state index contributed by atoms with van der Waals surface area (Å²) in [5.41, 5.74) is 0.484. The lowest BCUT2D eigenvalue weighted by Gasteiger charge is -2.34. The van der Waals surface area contributed by atoms with Crippen molar-refractivity contribution in [3.63, 3.8) is 0 Å². The Hall–Kier alpha value is -1.94. The van der Waals surface area contributed by atoms with Crippen molar-refractivity contribution >= 4 is 33.7 Å². The van der Waals surface area contributed by atoms with Gasteiger partial charge in [-0.05, 0) is 23.6 Å². The molecule has 0 spiro atoms. The first-order chi connectivity index (χ1) is 12.1. The van der Waals surface area contributed by atoms with Crippen LogP contribution in [-0.2, 0) is 24.4 Å². The molecular weight excluding hydrogens is 386 g/mol. The van der Waals surface area contributed by atoms with Gasteiger partial charge in [-0.15, -0.1) is 0 Å². The molecule has 2 N–H and O–H groups in total. The number of benzene rings is 1. The van der Waals surface area contributed by atoms with E-state index in [9.17, 15) is 22.6 Å². The minimum atomic E-state index is -4.52. The Labute approximate surface area is 155 Å². The van der Waals surface area contributed by atoms with E-state index in [1.807, 2.05) is 0 Å². The average Bonchev–Trinajstić information content (AvgIpc) is 2.55. The smallest absolute Gasteiger partial charge is 0.327 e. The van der Waals surface area contributed by atoms with E-state index in [0.29, 0.717) is 10.6 Å². The van der Waals surface area contributed by atoms with E-state index in [0.717, 1.165) is 0 Å². The summed E-state index contributed by atoms with van der Waals surface area (Å²) in [6, 6.07) is 5.71. The lowest BCUT2D eigenvalue weighted by molar-refractivity contribution is -0.147. The molecular formula is C16H18ClNO7S. The summed E-state index contributed by atoms with van der Waals surface area (Å²) in [4.78, 5) is 24.7. The number of hydrogen-bond acceptors (Lipinski definition) is 6. The molecule has 0 saturated carbocycles. The van der Waals surface area contributed by atoms with Gasteiger partial charge in [0.2, 0.25) is 0 Å². The number of esters is 1. The van der Waals surface area contributed by atoms with Crippen molar-refractivity contribution in [1.82, 2.24) is 4.90 Å². The second-order valence-electron chi connectivity index (χ2n) is 5.74. The summed E-state index contributed by atoms with van der Waals surface area (Å²) in [6.07, 6.45) is -0.693. The van der Waals surface area contributed by atoms with E-state index >= 15 is 0 Å². The number of carboxylic acid groups (broad SMARTS) is 1. The van der Waals surface area contributed by atoms with E-state index in [1.54, 1.807) is 29.2 Å². The van der Waals surface area contributed by atoms with Gasteiger partial charge in [-0.1, -0.05) is 29.8 Å². The molecule has 0 aliphatic carbocycles. The second-order valence-corrected chi connectivity index (χ2v) is 7.59. The van der Waals surface area contributed by atoms with E-state index < -0.39 is 34.5 Å². The molecule has 1 unspecified atom stereocenters. The Kier molecular flexibility index (Phi) is 6.40. The molecule has 0 saturated heterocycles. The monoisotopic (exact) mass is 403 g/mol. The minimum absolute atomic E-state index is 0.0206. The minimum Gasteiger partial charge on any atom is -0.481 e. The van der Waals surface area contributed by atoms with Crippen LogP contribution in [0.15, 0.2) is 34.7 Å². The summed E-state index contributed by atoms with van der Waals surface area (Å²) in [5.74, 6) is -1.85. The third-order valence-corrected chi connectivity index (χ3v) is 5.54. The van der Waals surface area contributed by atoms with E-state index in [1.165, 1.54) is 7.11 Å². The number of ether oxygens (including phenoxy) is 1. The highest BCUT2D eigenvalue weighted by Crippen LogP contribution is 2.34. The molecule has 1 aromatic rings. The largest absolute Gasteiger partial charge is 0.481 e. The lowest BCUT2D eigenvalue weighted by atomic mass is 10.00. The fourth-order valence-electron chi connectivity index (χ4n) is 2.98. The van der Waals surface area contributed by atoms with Crippen LogP contribution in [0.4, 0.5) is 0 Å². The van der Waals surface area contributed by atoms with E-state index in [2.05, 4.69) is 0 Å². The van der Waals surface area contributed by atoms with Crippen LogP contribution in [0.5, 0.6) is 0 Å². The van der Waals surface area contributed by atoms with Gasteiger partial charge in [0.05, 0.1) is 18.4 Å². The Morgan fingerprint density at radius 1 is 1.35 bits per heavy atom. The van der Waals surface area contributed by atoms with Gasteiger partial charge >= 0.3 is 11.9 Å². The molecule has 8 nitrogen and oxygen atoms in total. The topological polar surface area (TPSA) is 121 Å². The first-order valence-electron chi connectivity index (χ1n) is 7.61. The molecule has 1 atom stereocenters. The zero-order valence-corrected chi connectivity index (χ0v) is 15.5. The predicted octanol–water partition coefficient (Wildman–Crippen LogP) is 1.88. The molecule has 2 rings (SSSR count). The summed E-state index contributed by atoms with van der Waals surface area (Å²) < 4.78 is 37.3. The summed E-state index contributed by atoms with van der Waals surface area (Å²) in [7, 11) is -3.31. The molecule has 1 heterocycles. The first kappa shape index (κ1) is 20.4. The second kappa shape index (κ2) is 8.17. The Balaban J connectivity index is 2.46. The SMILES string of the molecule is COC(=O)C(c1ccccc1Cl)N1CCC(S(=O)(=O)O)=C(CC(=O)O)C1. The molecule has 0 fully saturated rings. The van der Waals surface area contributed by atoms with Crippen molar-refractivity contribution < 1.29 is 32.4 Å². The molecule has 1 aromatic carbocycles. The number of rotatable bonds is 6. The quantitative estimate of drug-likeness (QED) is 0.545. The van der Waals surface area contributed by atoms with Crippen LogP contribution in [0, 0.1) is 0 Å². The maximum atomic E-state index is 12.3. The van der Waals surface area contributed by atoms with Crippen molar-refractivity contribution in [1.29, 1.82) is 0 Å². The van der Waals surface area contributed by atoms with Crippen LogP contribution in [-0.4, -0.2) is 55.1 Å². The van der Waals surface area contributed by atoms with E-state index in [-0.39, 0.29) is 30.0 Å². The zero-order chi connectivity index (χ0) is 19.5. The number of carbonyl (C=O) groups is 2. The highest BCUT2D eigenvalue weighted by Gasteiger charge is 2.36. The molecule has 1 aliphatic rings. The van der Waals surface area contributed by atoms with Crippen LogP contribution in [0.1, 0.15) is 24.4 Å². The maximum absolute atomic E-state index is 12.3. The van der Waals surface area contributed by atoms with Gasteiger partial charge in [-0.25, -0.2) is 4.79 Å². The Morgan fingerprint density at radius 2 is 2.00 bits per heavy atom. The zero-order valence-electron chi connectivity index (χ0n) is 13.9. The normalized spacial score (nSPS) is 17.0. The first-order valence-corrected chi connectivity index (χ1v) is 9.43. The highest BCUT2D eigenvalue weighted by molar-refractivity contribution is 7.89. The number of hydrogen-bond donors (Lipinski definition) is 2. The summed E-state index contributed by atoms with van der Waals surface area (Å²) >= 11 is 6.18. The number of methoxy groups -OCH3 is 1. The average molecular weight is 404 g/mol. The van der Waals surface area contributed by atoms with Crippen LogP contribution < -0.4 is 0 Å². The Morgan fingerprint density at radius 3 is 2.54 bits per heavy atom. The van der Waals surface area contributed by atoms with Crippen molar-refractivity contribution in [3.05, 3.63) is 45.3 Å². The highest BCUT2D eigenvalue weighted by atomic mass is 35.5. The number of carboxylic acids is 1. The fraction of sp³-hybridized carbons (Fsp3) is 0.375. The van der Waals surface area contributed by atoms with Crippen LogP contribution in [0.2, 0.25) is 5.02 Å². The number of nitrogens with zero attached hydrogens (tertiary/aromatic N) is 1. The number of halogens is 1. The maximum Gasteiger partial charge on any atom is 0.327 e. The standard InChI is InChI=1S/C16H18ClNO7S/c1-25-16(21)15(11-4-2-3-5-12(11)17)18-7-6-13(26(22,23)24)10(9-18)8-14(19)20/h2-5,15H,6-9H2,1H3,(H,19,20)(H,22,23,24).